The molecule has 29 heavy (non-hydrogen) atoms. The van der Waals surface area contributed by atoms with Crippen molar-refractivity contribution in [2.24, 2.45) is 0 Å². The number of thioether (sulfide) groups is 1. The molecule has 0 aliphatic rings. The summed E-state index contributed by atoms with van der Waals surface area (Å²) in [6, 6.07) is 14.4. The lowest BCUT2D eigenvalue weighted by atomic mass is 10.1. The monoisotopic (exact) mass is 413 g/mol. The highest BCUT2D eigenvalue weighted by atomic mass is 32.2. The Balaban J connectivity index is 1.58. The minimum atomic E-state index is -0.617. The van der Waals surface area contributed by atoms with Crippen LogP contribution in [0.3, 0.4) is 0 Å². The van der Waals surface area contributed by atoms with Crippen LogP contribution < -0.4 is 10.6 Å². The van der Waals surface area contributed by atoms with E-state index >= 15 is 0 Å². The Bertz CT molecular complexity index is 1000. The molecule has 0 spiro atoms. The minimum Gasteiger partial charge on any atom is -0.452 e. The van der Waals surface area contributed by atoms with Crippen molar-refractivity contribution in [1.29, 1.82) is 0 Å². The normalized spacial score (nSPS) is 10.5. The van der Waals surface area contributed by atoms with E-state index in [9.17, 15) is 14.4 Å². The Morgan fingerprint density at radius 3 is 2.62 bits per heavy atom. The van der Waals surface area contributed by atoms with Gasteiger partial charge in [-0.25, -0.2) is 9.78 Å². The summed E-state index contributed by atoms with van der Waals surface area (Å²) in [4.78, 5) is 39.6. The van der Waals surface area contributed by atoms with Gasteiger partial charge in [0.1, 0.15) is 5.52 Å². The summed E-state index contributed by atoms with van der Waals surface area (Å²) in [5.74, 6) is -1.07. The number of amides is 2. The third-order valence-corrected chi connectivity index (χ3v) is 4.80. The maximum Gasteiger partial charge on any atom is 0.338 e. The fraction of sp³-hybridized carbons (Fsp3) is 0.200. The summed E-state index contributed by atoms with van der Waals surface area (Å²) in [6.07, 6.45) is 0. The smallest absolute Gasteiger partial charge is 0.338 e. The van der Waals surface area contributed by atoms with Crippen molar-refractivity contribution in [3.63, 3.8) is 0 Å². The van der Waals surface area contributed by atoms with Crippen LogP contribution in [0.2, 0.25) is 0 Å². The van der Waals surface area contributed by atoms with E-state index in [4.69, 9.17) is 9.15 Å². The third-order valence-electron chi connectivity index (χ3n) is 3.92. The SMILES string of the molecule is CNC(=O)CNC(=O)COC(=O)c1ccccc1CSc1nc2ccccc2o1. The zero-order chi connectivity index (χ0) is 20.6. The maximum atomic E-state index is 12.4. The van der Waals surface area contributed by atoms with Crippen LogP contribution in [0.15, 0.2) is 58.2 Å². The van der Waals surface area contributed by atoms with Gasteiger partial charge in [0, 0.05) is 12.8 Å². The van der Waals surface area contributed by atoms with Crippen molar-refractivity contribution in [2.75, 3.05) is 20.2 Å². The average molecular weight is 413 g/mol. The van der Waals surface area contributed by atoms with Gasteiger partial charge in [0.25, 0.3) is 11.1 Å². The molecule has 0 atom stereocenters. The molecule has 9 heteroatoms. The number of hydrogen-bond donors (Lipinski definition) is 2. The van der Waals surface area contributed by atoms with Crippen molar-refractivity contribution in [2.45, 2.75) is 11.0 Å². The maximum absolute atomic E-state index is 12.4. The minimum absolute atomic E-state index is 0.176. The number of benzene rings is 2. The van der Waals surface area contributed by atoms with Crippen molar-refractivity contribution in [3.05, 3.63) is 59.7 Å². The van der Waals surface area contributed by atoms with Gasteiger partial charge >= 0.3 is 5.97 Å². The average Bonchev–Trinajstić information content (AvgIpc) is 3.17. The quantitative estimate of drug-likeness (QED) is 0.430. The van der Waals surface area contributed by atoms with Crippen LogP contribution in [0, 0.1) is 0 Å². The van der Waals surface area contributed by atoms with E-state index in [1.165, 1.54) is 18.8 Å². The highest BCUT2D eigenvalue weighted by Crippen LogP contribution is 2.27. The van der Waals surface area contributed by atoms with Crippen LogP contribution in [0.5, 0.6) is 0 Å². The number of esters is 1. The zero-order valence-corrected chi connectivity index (χ0v) is 16.5. The Labute approximate surface area is 171 Å². The molecule has 1 heterocycles. The van der Waals surface area contributed by atoms with E-state index in [0.29, 0.717) is 22.1 Å². The van der Waals surface area contributed by atoms with Crippen LogP contribution in [0.1, 0.15) is 15.9 Å². The second-order valence-electron chi connectivity index (χ2n) is 5.92. The first-order valence-electron chi connectivity index (χ1n) is 8.77. The Hall–Kier alpha value is -3.33. The van der Waals surface area contributed by atoms with Crippen molar-refractivity contribution >= 4 is 40.6 Å². The molecule has 1 aromatic heterocycles. The summed E-state index contributed by atoms with van der Waals surface area (Å²) in [7, 11) is 1.46. The summed E-state index contributed by atoms with van der Waals surface area (Å²) in [6.45, 7) is -0.646. The van der Waals surface area contributed by atoms with Crippen molar-refractivity contribution < 1.29 is 23.5 Å². The zero-order valence-electron chi connectivity index (χ0n) is 15.6. The number of nitrogens with zero attached hydrogens (tertiary/aromatic N) is 1. The predicted molar refractivity (Wildman–Crippen MR) is 107 cm³/mol. The Kier molecular flexibility index (Phi) is 6.85. The van der Waals surface area contributed by atoms with Gasteiger partial charge in [0.05, 0.1) is 12.1 Å². The number of carbonyl (C=O) groups is 3. The number of oxazole rings is 1. The fourth-order valence-electron chi connectivity index (χ4n) is 2.42. The largest absolute Gasteiger partial charge is 0.452 e. The van der Waals surface area contributed by atoms with Crippen LogP contribution in [-0.4, -0.2) is 43.0 Å². The third kappa shape index (κ3) is 5.58. The molecule has 0 saturated carbocycles. The molecule has 2 amide bonds. The number of nitrogens with one attached hydrogen (secondary N) is 2. The fourth-order valence-corrected chi connectivity index (χ4v) is 3.27. The topological polar surface area (TPSA) is 111 Å². The van der Waals surface area contributed by atoms with Crippen LogP contribution in [0.4, 0.5) is 0 Å². The lowest BCUT2D eigenvalue weighted by molar-refractivity contribution is -0.127. The Morgan fingerprint density at radius 1 is 1.07 bits per heavy atom. The number of likely N-dealkylation sites (N-methyl/N-ethyl adjacent to an activating group) is 1. The lowest BCUT2D eigenvalue weighted by Crippen LogP contribution is -2.37. The highest BCUT2D eigenvalue weighted by Gasteiger charge is 2.16. The molecule has 0 radical (unpaired) electrons. The molecular formula is C20H19N3O5S. The van der Waals surface area contributed by atoms with Gasteiger partial charge in [0.15, 0.2) is 12.2 Å². The molecule has 2 aromatic carbocycles. The van der Waals surface area contributed by atoms with Crippen LogP contribution in [-0.2, 0) is 20.1 Å². The van der Waals surface area contributed by atoms with Crippen LogP contribution in [0.25, 0.3) is 11.1 Å². The van der Waals surface area contributed by atoms with Gasteiger partial charge < -0.3 is 19.8 Å². The molecule has 0 unspecified atom stereocenters. The van der Waals surface area contributed by atoms with Crippen LogP contribution >= 0.6 is 11.8 Å². The second-order valence-corrected chi connectivity index (χ2v) is 6.85. The number of aromatic nitrogens is 1. The lowest BCUT2D eigenvalue weighted by Gasteiger charge is -2.09. The first kappa shape index (κ1) is 20.4. The number of rotatable bonds is 8. The van der Waals surface area contributed by atoms with Gasteiger partial charge in [-0.15, -0.1) is 0 Å². The second kappa shape index (κ2) is 9.74. The molecule has 0 aliphatic carbocycles. The van der Waals surface area contributed by atoms with E-state index in [-0.39, 0.29) is 12.5 Å². The van der Waals surface area contributed by atoms with E-state index in [1.54, 1.807) is 18.2 Å². The summed E-state index contributed by atoms with van der Waals surface area (Å²) in [5, 5.41) is 5.24. The van der Waals surface area contributed by atoms with E-state index < -0.39 is 18.5 Å². The van der Waals surface area contributed by atoms with E-state index in [1.807, 2.05) is 30.3 Å². The molecule has 0 fully saturated rings. The van der Waals surface area contributed by atoms with Crippen molar-refractivity contribution in [3.8, 4) is 0 Å². The molecule has 150 valence electrons. The first-order chi connectivity index (χ1) is 14.1. The molecule has 2 N–H and O–H groups in total. The molecule has 0 aliphatic heterocycles. The molecule has 0 bridgehead atoms. The molecule has 3 rings (SSSR count). The standard InChI is InChI=1S/C20H19N3O5S/c1-21-17(24)10-22-18(25)11-27-19(26)14-7-3-2-6-13(14)12-29-20-23-15-8-4-5-9-16(15)28-20/h2-9H,10-12H2,1H3,(H,21,24)(H,22,25). The predicted octanol–water partition coefficient (Wildman–Crippen LogP) is 2.14. The summed E-state index contributed by atoms with van der Waals surface area (Å²) in [5.41, 5.74) is 2.56. The molecule has 3 aromatic rings. The first-order valence-corrected chi connectivity index (χ1v) is 9.76. The summed E-state index contributed by atoms with van der Waals surface area (Å²) < 4.78 is 10.7. The Morgan fingerprint density at radius 2 is 1.83 bits per heavy atom. The van der Waals surface area contributed by atoms with Gasteiger partial charge in [-0.2, -0.15) is 0 Å². The number of hydrogen-bond acceptors (Lipinski definition) is 7. The van der Waals surface area contributed by atoms with Gasteiger partial charge in [-0.1, -0.05) is 42.1 Å². The molecule has 8 nitrogen and oxygen atoms in total. The molecular weight excluding hydrogens is 394 g/mol. The number of fused-ring (bicyclic) bond motifs is 1. The number of ether oxygens (including phenoxy) is 1. The van der Waals surface area contributed by atoms with Gasteiger partial charge in [0.2, 0.25) is 5.91 Å². The highest BCUT2D eigenvalue weighted by molar-refractivity contribution is 7.98. The van der Waals surface area contributed by atoms with E-state index in [2.05, 4.69) is 15.6 Å². The molecule has 0 saturated heterocycles. The number of para-hydroxylation sites is 2. The number of carbonyl (C=O) groups excluding carboxylic acids is 3. The summed E-state index contributed by atoms with van der Waals surface area (Å²) >= 11 is 1.36. The van der Waals surface area contributed by atoms with Gasteiger partial charge in [-0.05, 0) is 23.8 Å². The van der Waals surface area contributed by atoms with Crippen molar-refractivity contribution in [1.82, 2.24) is 15.6 Å². The van der Waals surface area contributed by atoms with Gasteiger partial charge in [-0.3, -0.25) is 9.59 Å². The van der Waals surface area contributed by atoms with E-state index in [0.717, 1.165) is 11.1 Å².